The third kappa shape index (κ3) is 7.60. The molecule has 1 N–H and O–H groups in total. The molecule has 1 nitrogen and oxygen atoms in total. The SMILES string of the molecule is C=CCCC(O)CCCCC. The molecule has 0 aliphatic carbocycles. The van der Waals surface area contributed by atoms with Crippen LogP contribution < -0.4 is 0 Å². The highest BCUT2D eigenvalue weighted by atomic mass is 16.3. The molecular formula is C10H20O. The zero-order valence-electron chi connectivity index (χ0n) is 7.55. The number of hydrogen-bond acceptors (Lipinski definition) is 1. The van der Waals surface area contributed by atoms with Gasteiger partial charge in [0.25, 0.3) is 0 Å². The normalized spacial score (nSPS) is 12.9. The Bertz CT molecular complexity index is 88.9. The molecule has 11 heavy (non-hydrogen) atoms. The molecule has 0 bridgehead atoms. The maximum atomic E-state index is 9.36. The summed E-state index contributed by atoms with van der Waals surface area (Å²) in [4.78, 5) is 0. The second kappa shape index (κ2) is 7.80. The fourth-order valence-electron chi connectivity index (χ4n) is 1.08. The van der Waals surface area contributed by atoms with Gasteiger partial charge in [-0.05, 0) is 19.3 Å². The molecule has 1 atom stereocenters. The number of aliphatic hydroxyl groups excluding tert-OH is 1. The van der Waals surface area contributed by atoms with Crippen LogP contribution >= 0.6 is 0 Å². The zero-order valence-corrected chi connectivity index (χ0v) is 7.55. The molecule has 0 aliphatic heterocycles. The lowest BCUT2D eigenvalue weighted by molar-refractivity contribution is 0.152. The van der Waals surface area contributed by atoms with Gasteiger partial charge in [-0.25, -0.2) is 0 Å². The Balaban J connectivity index is 3.08. The molecule has 0 heterocycles. The minimum Gasteiger partial charge on any atom is -0.393 e. The minimum absolute atomic E-state index is 0.0976. The molecule has 0 aromatic rings. The molecular weight excluding hydrogens is 136 g/mol. The van der Waals surface area contributed by atoms with E-state index >= 15 is 0 Å². The van der Waals surface area contributed by atoms with Crippen LogP contribution in [0.15, 0.2) is 12.7 Å². The maximum absolute atomic E-state index is 9.36. The second-order valence-corrected chi connectivity index (χ2v) is 3.02. The molecule has 0 spiro atoms. The summed E-state index contributed by atoms with van der Waals surface area (Å²) in [6.45, 7) is 5.79. The first kappa shape index (κ1) is 10.7. The molecule has 0 aromatic carbocycles. The van der Waals surface area contributed by atoms with Crippen LogP contribution in [-0.4, -0.2) is 11.2 Å². The van der Waals surface area contributed by atoms with Gasteiger partial charge < -0.3 is 5.11 Å². The zero-order chi connectivity index (χ0) is 8.53. The van der Waals surface area contributed by atoms with Crippen molar-refractivity contribution in [3.05, 3.63) is 12.7 Å². The van der Waals surface area contributed by atoms with Crippen LogP contribution in [0.25, 0.3) is 0 Å². The Hall–Kier alpha value is -0.300. The third-order valence-corrected chi connectivity index (χ3v) is 1.84. The van der Waals surface area contributed by atoms with E-state index in [1.165, 1.54) is 12.8 Å². The predicted octanol–water partition coefficient (Wildman–Crippen LogP) is 2.89. The van der Waals surface area contributed by atoms with Crippen molar-refractivity contribution in [3.8, 4) is 0 Å². The largest absolute Gasteiger partial charge is 0.393 e. The first-order valence-corrected chi connectivity index (χ1v) is 4.60. The van der Waals surface area contributed by atoms with E-state index in [9.17, 15) is 5.11 Å². The predicted molar refractivity (Wildman–Crippen MR) is 49.6 cm³/mol. The van der Waals surface area contributed by atoms with Gasteiger partial charge in [-0.1, -0.05) is 32.3 Å². The van der Waals surface area contributed by atoms with Crippen LogP contribution in [-0.2, 0) is 0 Å². The summed E-state index contributed by atoms with van der Waals surface area (Å²) in [5, 5.41) is 9.36. The Morgan fingerprint density at radius 3 is 2.64 bits per heavy atom. The Morgan fingerprint density at radius 1 is 1.36 bits per heavy atom. The average molecular weight is 156 g/mol. The van der Waals surface area contributed by atoms with Gasteiger partial charge >= 0.3 is 0 Å². The smallest absolute Gasteiger partial charge is 0.0543 e. The summed E-state index contributed by atoms with van der Waals surface area (Å²) in [5.74, 6) is 0. The molecule has 0 saturated carbocycles. The third-order valence-electron chi connectivity index (χ3n) is 1.84. The lowest BCUT2D eigenvalue weighted by atomic mass is 10.1. The molecule has 1 heteroatoms. The quantitative estimate of drug-likeness (QED) is 0.444. The highest BCUT2D eigenvalue weighted by molar-refractivity contribution is 4.68. The molecule has 0 aliphatic rings. The van der Waals surface area contributed by atoms with Gasteiger partial charge in [-0.3, -0.25) is 0 Å². The molecule has 0 rings (SSSR count). The standard InChI is InChI=1S/C10H20O/c1-3-5-7-9-10(11)8-6-4-2/h4,10-11H,2-3,5-9H2,1H3. The van der Waals surface area contributed by atoms with Crippen LogP contribution in [0, 0.1) is 0 Å². The summed E-state index contributed by atoms with van der Waals surface area (Å²) in [6, 6.07) is 0. The van der Waals surface area contributed by atoms with Gasteiger partial charge in [-0.15, -0.1) is 6.58 Å². The fourth-order valence-corrected chi connectivity index (χ4v) is 1.08. The van der Waals surface area contributed by atoms with Gasteiger partial charge in [0.15, 0.2) is 0 Å². The van der Waals surface area contributed by atoms with Gasteiger partial charge in [-0.2, -0.15) is 0 Å². The molecule has 0 radical (unpaired) electrons. The molecule has 0 aromatic heterocycles. The number of rotatable bonds is 7. The van der Waals surface area contributed by atoms with Crippen molar-refractivity contribution in [2.75, 3.05) is 0 Å². The van der Waals surface area contributed by atoms with Gasteiger partial charge in [0.2, 0.25) is 0 Å². The van der Waals surface area contributed by atoms with Crippen molar-refractivity contribution in [1.82, 2.24) is 0 Å². The number of unbranched alkanes of at least 4 members (excludes halogenated alkanes) is 2. The molecule has 1 unspecified atom stereocenters. The van der Waals surface area contributed by atoms with Crippen molar-refractivity contribution in [1.29, 1.82) is 0 Å². The Morgan fingerprint density at radius 2 is 2.09 bits per heavy atom. The van der Waals surface area contributed by atoms with Crippen LogP contribution in [0.3, 0.4) is 0 Å². The maximum Gasteiger partial charge on any atom is 0.0543 e. The van der Waals surface area contributed by atoms with E-state index in [4.69, 9.17) is 0 Å². The molecule has 0 amide bonds. The summed E-state index contributed by atoms with van der Waals surface area (Å²) < 4.78 is 0. The number of allylic oxidation sites excluding steroid dienone is 1. The summed E-state index contributed by atoms with van der Waals surface area (Å²) in [7, 11) is 0. The monoisotopic (exact) mass is 156 g/mol. The van der Waals surface area contributed by atoms with E-state index in [0.29, 0.717) is 0 Å². The average Bonchev–Trinajstić information content (AvgIpc) is 2.01. The van der Waals surface area contributed by atoms with Crippen molar-refractivity contribution in [2.24, 2.45) is 0 Å². The topological polar surface area (TPSA) is 20.2 Å². The van der Waals surface area contributed by atoms with E-state index in [2.05, 4.69) is 13.5 Å². The van der Waals surface area contributed by atoms with E-state index in [0.717, 1.165) is 25.7 Å². The second-order valence-electron chi connectivity index (χ2n) is 3.02. The minimum atomic E-state index is -0.0976. The van der Waals surface area contributed by atoms with Gasteiger partial charge in [0, 0.05) is 0 Å². The highest BCUT2D eigenvalue weighted by Gasteiger charge is 2.00. The van der Waals surface area contributed by atoms with Gasteiger partial charge in [0.05, 0.1) is 6.10 Å². The highest BCUT2D eigenvalue weighted by Crippen LogP contribution is 2.07. The van der Waals surface area contributed by atoms with Crippen molar-refractivity contribution >= 4 is 0 Å². The van der Waals surface area contributed by atoms with Crippen LogP contribution in [0.4, 0.5) is 0 Å². The summed E-state index contributed by atoms with van der Waals surface area (Å²) in [6.07, 6.45) is 8.18. The van der Waals surface area contributed by atoms with E-state index < -0.39 is 0 Å². The fraction of sp³-hybridized carbons (Fsp3) is 0.800. The summed E-state index contributed by atoms with van der Waals surface area (Å²) >= 11 is 0. The van der Waals surface area contributed by atoms with Crippen molar-refractivity contribution in [3.63, 3.8) is 0 Å². The first-order chi connectivity index (χ1) is 5.31. The van der Waals surface area contributed by atoms with Crippen LogP contribution in [0.5, 0.6) is 0 Å². The molecule has 66 valence electrons. The molecule has 0 saturated heterocycles. The lowest BCUT2D eigenvalue weighted by Gasteiger charge is -2.07. The van der Waals surface area contributed by atoms with E-state index in [1.54, 1.807) is 0 Å². The lowest BCUT2D eigenvalue weighted by Crippen LogP contribution is -2.04. The van der Waals surface area contributed by atoms with E-state index in [-0.39, 0.29) is 6.10 Å². The van der Waals surface area contributed by atoms with Crippen molar-refractivity contribution in [2.45, 2.75) is 51.6 Å². The first-order valence-electron chi connectivity index (χ1n) is 4.60. The molecule has 0 fully saturated rings. The van der Waals surface area contributed by atoms with Crippen LogP contribution in [0.1, 0.15) is 45.4 Å². The number of hydrogen-bond donors (Lipinski definition) is 1. The summed E-state index contributed by atoms with van der Waals surface area (Å²) in [5.41, 5.74) is 0. The van der Waals surface area contributed by atoms with E-state index in [1.807, 2.05) is 6.08 Å². The van der Waals surface area contributed by atoms with Gasteiger partial charge in [0.1, 0.15) is 0 Å². The van der Waals surface area contributed by atoms with Crippen LogP contribution in [0.2, 0.25) is 0 Å². The Labute approximate surface area is 70.1 Å². The number of aliphatic hydroxyl groups is 1. The Kier molecular flexibility index (Phi) is 7.59. The van der Waals surface area contributed by atoms with Crippen molar-refractivity contribution < 1.29 is 5.11 Å².